The quantitative estimate of drug-likeness (QED) is 0.437. The highest BCUT2D eigenvalue weighted by Gasteiger charge is 2.07. The van der Waals surface area contributed by atoms with Crippen LogP contribution >= 0.6 is 0 Å². The zero-order chi connectivity index (χ0) is 11.0. The molecule has 0 saturated heterocycles. The van der Waals surface area contributed by atoms with Crippen LogP contribution in [0.1, 0.15) is 40.0 Å². The van der Waals surface area contributed by atoms with Crippen LogP contribution in [0.15, 0.2) is 36.7 Å². The Labute approximate surface area is 87.2 Å². The first-order chi connectivity index (χ1) is 6.45. The van der Waals surface area contributed by atoms with Crippen LogP contribution in [0.4, 0.5) is 4.39 Å². The highest BCUT2D eigenvalue weighted by molar-refractivity contribution is 5.15. The predicted molar refractivity (Wildman–Crippen MR) is 61.8 cm³/mol. The highest BCUT2D eigenvalue weighted by atomic mass is 19.1. The van der Waals surface area contributed by atoms with Crippen molar-refractivity contribution in [3.8, 4) is 0 Å². The normalized spacial score (nSPS) is 13.6. The fraction of sp³-hybridized carbons (Fsp3) is 0.538. The van der Waals surface area contributed by atoms with E-state index in [9.17, 15) is 4.39 Å². The molecule has 0 saturated carbocycles. The van der Waals surface area contributed by atoms with Gasteiger partial charge in [-0.1, -0.05) is 39.5 Å². The van der Waals surface area contributed by atoms with Gasteiger partial charge in [0.1, 0.15) is 5.83 Å². The molecule has 0 aliphatic rings. The van der Waals surface area contributed by atoms with Crippen molar-refractivity contribution in [3.05, 3.63) is 36.7 Å². The Morgan fingerprint density at radius 2 is 2.00 bits per heavy atom. The monoisotopic (exact) mass is 196 g/mol. The summed E-state index contributed by atoms with van der Waals surface area (Å²) >= 11 is 0. The van der Waals surface area contributed by atoms with Crippen molar-refractivity contribution in [3.63, 3.8) is 0 Å². The maximum Gasteiger partial charge on any atom is 0.122 e. The molecular weight excluding hydrogens is 175 g/mol. The van der Waals surface area contributed by atoms with Crippen molar-refractivity contribution < 1.29 is 4.39 Å². The van der Waals surface area contributed by atoms with Gasteiger partial charge < -0.3 is 0 Å². The summed E-state index contributed by atoms with van der Waals surface area (Å²) in [6, 6.07) is 0. The Morgan fingerprint density at radius 1 is 1.36 bits per heavy atom. The number of hydrogen-bond donors (Lipinski definition) is 0. The summed E-state index contributed by atoms with van der Waals surface area (Å²) in [5.74, 6) is -0.280. The molecule has 0 unspecified atom stereocenters. The van der Waals surface area contributed by atoms with Gasteiger partial charge >= 0.3 is 0 Å². The van der Waals surface area contributed by atoms with Gasteiger partial charge in [0.15, 0.2) is 0 Å². The summed E-state index contributed by atoms with van der Waals surface area (Å²) in [5, 5.41) is 0. The Kier molecular flexibility index (Phi) is 6.18. The summed E-state index contributed by atoms with van der Waals surface area (Å²) in [6.07, 6.45) is 9.75. The van der Waals surface area contributed by atoms with Crippen molar-refractivity contribution in [1.29, 1.82) is 0 Å². The molecule has 0 aromatic carbocycles. The number of unbranched alkanes of at least 4 members (excludes halogenated alkanes) is 1. The van der Waals surface area contributed by atoms with E-state index < -0.39 is 0 Å². The minimum absolute atomic E-state index is 0.280. The molecule has 0 aliphatic carbocycles. The van der Waals surface area contributed by atoms with Crippen LogP contribution in [-0.4, -0.2) is 0 Å². The lowest BCUT2D eigenvalue weighted by Gasteiger charge is -2.16. The largest absolute Gasteiger partial charge is 0.207 e. The van der Waals surface area contributed by atoms with E-state index in [1.807, 2.05) is 6.08 Å². The lowest BCUT2D eigenvalue weighted by molar-refractivity contribution is 0.367. The first-order valence-corrected chi connectivity index (χ1v) is 5.10. The average Bonchev–Trinajstić information content (AvgIpc) is 2.08. The minimum atomic E-state index is -0.280. The molecule has 0 heterocycles. The zero-order valence-electron chi connectivity index (χ0n) is 9.52. The fourth-order valence-corrected chi connectivity index (χ4v) is 1.07. The number of rotatable bonds is 5. The summed E-state index contributed by atoms with van der Waals surface area (Å²) in [7, 11) is 0. The molecule has 0 atom stereocenters. The van der Waals surface area contributed by atoms with Crippen molar-refractivity contribution in [2.24, 2.45) is 5.41 Å². The van der Waals surface area contributed by atoms with Gasteiger partial charge in [0.25, 0.3) is 0 Å². The topological polar surface area (TPSA) is 0 Å². The molecule has 80 valence electrons. The van der Waals surface area contributed by atoms with Gasteiger partial charge in [-0.2, -0.15) is 0 Å². The maximum absolute atomic E-state index is 12.5. The molecule has 14 heavy (non-hydrogen) atoms. The third-order valence-corrected chi connectivity index (χ3v) is 1.88. The van der Waals surface area contributed by atoms with Crippen LogP contribution in [0.5, 0.6) is 0 Å². The van der Waals surface area contributed by atoms with Crippen molar-refractivity contribution in [2.45, 2.75) is 40.0 Å². The van der Waals surface area contributed by atoms with E-state index in [0.717, 1.165) is 12.8 Å². The van der Waals surface area contributed by atoms with E-state index >= 15 is 0 Å². The van der Waals surface area contributed by atoms with E-state index in [1.165, 1.54) is 18.6 Å². The van der Waals surface area contributed by atoms with Crippen LogP contribution in [-0.2, 0) is 0 Å². The van der Waals surface area contributed by atoms with E-state index in [4.69, 9.17) is 0 Å². The molecule has 0 radical (unpaired) electrons. The molecule has 1 heteroatoms. The first-order valence-electron chi connectivity index (χ1n) is 5.10. The van der Waals surface area contributed by atoms with Gasteiger partial charge in [-0.3, -0.25) is 0 Å². The second-order valence-corrected chi connectivity index (χ2v) is 4.64. The fourth-order valence-electron chi connectivity index (χ4n) is 1.07. The number of halogens is 1. The third-order valence-electron chi connectivity index (χ3n) is 1.88. The summed E-state index contributed by atoms with van der Waals surface area (Å²) in [5.41, 5.74) is 0.399. The van der Waals surface area contributed by atoms with Crippen LogP contribution in [0.25, 0.3) is 0 Å². The molecule has 0 bridgehead atoms. The minimum Gasteiger partial charge on any atom is -0.207 e. The lowest BCUT2D eigenvalue weighted by Crippen LogP contribution is -2.03. The third kappa shape index (κ3) is 9.24. The van der Waals surface area contributed by atoms with Crippen LogP contribution in [0, 0.1) is 5.41 Å². The molecule has 0 amide bonds. The van der Waals surface area contributed by atoms with Gasteiger partial charge in [0.2, 0.25) is 0 Å². The van der Waals surface area contributed by atoms with E-state index in [1.54, 1.807) is 6.08 Å². The second-order valence-electron chi connectivity index (χ2n) is 4.64. The van der Waals surface area contributed by atoms with Gasteiger partial charge in [-0.25, -0.2) is 4.39 Å². The van der Waals surface area contributed by atoms with Gasteiger partial charge in [0.05, 0.1) is 0 Å². The van der Waals surface area contributed by atoms with Gasteiger partial charge in [0, 0.05) is 0 Å². The van der Waals surface area contributed by atoms with E-state index in [0.29, 0.717) is 5.41 Å². The second kappa shape index (κ2) is 6.58. The van der Waals surface area contributed by atoms with Crippen LogP contribution in [0.2, 0.25) is 0 Å². The Bertz CT molecular complexity index is 216. The Balaban J connectivity index is 3.60. The highest BCUT2D eigenvalue weighted by Crippen LogP contribution is 2.21. The number of hydrogen-bond acceptors (Lipinski definition) is 0. The number of allylic oxidation sites excluding steroid dienone is 5. The molecule has 0 spiro atoms. The molecule has 0 fully saturated rings. The molecule has 0 aliphatic heterocycles. The van der Waals surface area contributed by atoms with Crippen molar-refractivity contribution in [2.75, 3.05) is 0 Å². The smallest absolute Gasteiger partial charge is 0.122 e. The molecule has 0 rings (SSSR count). The SMILES string of the molecule is C=C/C(F)=C\C=C\CCCC(C)(C)C. The zero-order valence-corrected chi connectivity index (χ0v) is 9.52. The predicted octanol–water partition coefficient (Wildman–Crippen LogP) is 4.80. The standard InChI is InChI=1S/C13H21F/c1-5-12(14)10-8-6-7-9-11-13(2,3)4/h5-6,8,10H,1,7,9,11H2,2-4H3/b8-6+,12-10+. The first kappa shape index (κ1) is 13.2. The van der Waals surface area contributed by atoms with Crippen LogP contribution in [0.3, 0.4) is 0 Å². The van der Waals surface area contributed by atoms with Gasteiger partial charge in [-0.05, 0) is 36.8 Å². The van der Waals surface area contributed by atoms with Crippen molar-refractivity contribution in [1.82, 2.24) is 0 Å². The van der Waals surface area contributed by atoms with E-state index in [2.05, 4.69) is 27.4 Å². The average molecular weight is 196 g/mol. The molecule has 0 nitrogen and oxygen atoms in total. The molecular formula is C13H21F. The lowest BCUT2D eigenvalue weighted by atomic mass is 9.90. The van der Waals surface area contributed by atoms with Crippen LogP contribution < -0.4 is 0 Å². The molecule has 0 N–H and O–H groups in total. The Hall–Kier alpha value is -0.850. The van der Waals surface area contributed by atoms with E-state index in [-0.39, 0.29) is 5.83 Å². The van der Waals surface area contributed by atoms with Crippen molar-refractivity contribution >= 4 is 0 Å². The van der Waals surface area contributed by atoms with Gasteiger partial charge in [-0.15, -0.1) is 0 Å². The summed E-state index contributed by atoms with van der Waals surface area (Å²) < 4.78 is 12.5. The summed E-state index contributed by atoms with van der Waals surface area (Å²) in [4.78, 5) is 0. The summed E-state index contributed by atoms with van der Waals surface area (Å²) in [6.45, 7) is 10.0. The maximum atomic E-state index is 12.5. The Morgan fingerprint density at radius 3 is 2.50 bits per heavy atom. The molecule has 0 aromatic rings. The molecule has 0 aromatic heterocycles.